The van der Waals surface area contributed by atoms with Gasteiger partial charge in [-0.15, -0.1) is 12.4 Å². The van der Waals surface area contributed by atoms with Crippen molar-refractivity contribution in [2.24, 2.45) is 5.92 Å². The molecule has 1 fully saturated rings. The number of carbonyl (C=O) groups is 2. The van der Waals surface area contributed by atoms with Gasteiger partial charge >= 0.3 is 0 Å². The van der Waals surface area contributed by atoms with Crippen molar-refractivity contribution in [1.29, 1.82) is 0 Å². The van der Waals surface area contributed by atoms with Crippen molar-refractivity contribution in [1.82, 2.24) is 5.32 Å². The fourth-order valence-electron chi connectivity index (χ4n) is 3.53. The van der Waals surface area contributed by atoms with E-state index in [1.807, 2.05) is 37.3 Å². The molecule has 150 valence electrons. The lowest BCUT2D eigenvalue weighted by molar-refractivity contribution is -0.120. The molecule has 4 N–H and O–H groups in total. The first-order valence-electron chi connectivity index (χ1n) is 9.57. The number of nitrogens with two attached hydrogens (primary N) is 1. The second kappa shape index (κ2) is 10.1. The van der Waals surface area contributed by atoms with Crippen molar-refractivity contribution in [2.45, 2.75) is 45.6 Å². The van der Waals surface area contributed by atoms with Crippen molar-refractivity contribution in [3.05, 3.63) is 59.2 Å². The molecule has 28 heavy (non-hydrogen) atoms. The van der Waals surface area contributed by atoms with Gasteiger partial charge in [0, 0.05) is 29.4 Å². The summed E-state index contributed by atoms with van der Waals surface area (Å²) < 4.78 is 0. The molecule has 0 aliphatic heterocycles. The average molecular weight is 402 g/mol. The predicted octanol–water partition coefficient (Wildman–Crippen LogP) is 4.45. The number of carbonyl (C=O) groups excluding carboxylic acids is 2. The Bertz CT molecular complexity index is 832. The summed E-state index contributed by atoms with van der Waals surface area (Å²) in [6.07, 6.45) is 5.44. The first-order valence-corrected chi connectivity index (χ1v) is 9.57. The first kappa shape index (κ1) is 21.8. The van der Waals surface area contributed by atoms with Gasteiger partial charge in [0.15, 0.2) is 0 Å². The monoisotopic (exact) mass is 401 g/mol. The van der Waals surface area contributed by atoms with Crippen LogP contribution in [-0.4, -0.2) is 11.8 Å². The van der Waals surface area contributed by atoms with Gasteiger partial charge in [0.2, 0.25) is 5.91 Å². The van der Waals surface area contributed by atoms with Gasteiger partial charge in [-0.25, -0.2) is 0 Å². The van der Waals surface area contributed by atoms with E-state index < -0.39 is 0 Å². The highest BCUT2D eigenvalue weighted by atomic mass is 35.5. The Morgan fingerprint density at radius 1 is 1.07 bits per heavy atom. The van der Waals surface area contributed by atoms with Crippen molar-refractivity contribution in [3.8, 4) is 0 Å². The summed E-state index contributed by atoms with van der Waals surface area (Å²) in [5.41, 5.74) is 9.52. The molecule has 0 radical (unpaired) electrons. The van der Waals surface area contributed by atoms with Gasteiger partial charge in [-0.05, 0) is 55.2 Å². The summed E-state index contributed by atoms with van der Waals surface area (Å²) in [4.78, 5) is 24.8. The molecule has 3 rings (SSSR count). The number of nitrogens with one attached hydrogen (secondary N) is 2. The second-order valence-electron chi connectivity index (χ2n) is 7.28. The van der Waals surface area contributed by atoms with Crippen LogP contribution in [0.3, 0.4) is 0 Å². The Labute approximate surface area is 172 Å². The van der Waals surface area contributed by atoms with E-state index in [0.29, 0.717) is 17.8 Å². The summed E-state index contributed by atoms with van der Waals surface area (Å²) >= 11 is 0. The Hall–Kier alpha value is -2.53. The Morgan fingerprint density at radius 2 is 1.82 bits per heavy atom. The molecule has 0 saturated heterocycles. The summed E-state index contributed by atoms with van der Waals surface area (Å²) in [5, 5.41) is 5.94. The Balaban J connectivity index is 0.00000280. The van der Waals surface area contributed by atoms with E-state index in [1.165, 1.54) is 6.42 Å². The summed E-state index contributed by atoms with van der Waals surface area (Å²) in [7, 11) is 0. The highest BCUT2D eigenvalue weighted by molar-refractivity contribution is 5.96. The van der Waals surface area contributed by atoms with Crippen LogP contribution in [-0.2, 0) is 11.3 Å². The lowest BCUT2D eigenvalue weighted by Gasteiger charge is -2.20. The molecule has 0 bridgehead atoms. The minimum absolute atomic E-state index is 0. The first-order chi connectivity index (χ1) is 13.0. The number of hydrogen-bond donors (Lipinski definition) is 3. The standard InChI is InChI=1S/C22H27N3O2.ClH/c1-15-10-11-18(23)13-20(15)22(27)24-14-16-6-5-9-19(12-16)25-21(26)17-7-3-2-4-8-17;/h5-6,9-13,17H,2-4,7-8,14,23H2,1H3,(H,24,27)(H,25,26);1H. The number of nitrogen functional groups attached to an aromatic ring is 1. The normalized spacial score (nSPS) is 14.0. The van der Waals surface area contributed by atoms with Crippen LogP contribution >= 0.6 is 12.4 Å². The minimum atomic E-state index is -0.156. The van der Waals surface area contributed by atoms with Crippen molar-refractivity contribution in [3.63, 3.8) is 0 Å². The van der Waals surface area contributed by atoms with Crippen LogP contribution in [0.1, 0.15) is 53.6 Å². The topological polar surface area (TPSA) is 84.2 Å². The lowest BCUT2D eigenvalue weighted by Crippen LogP contribution is -2.25. The van der Waals surface area contributed by atoms with Crippen LogP contribution in [0, 0.1) is 12.8 Å². The van der Waals surface area contributed by atoms with E-state index in [9.17, 15) is 9.59 Å². The van der Waals surface area contributed by atoms with Crippen molar-refractivity contribution < 1.29 is 9.59 Å². The van der Waals surface area contributed by atoms with Crippen LogP contribution in [0.25, 0.3) is 0 Å². The van der Waals surface area contributed by atoms with Crippen LogP contribution in [0.2, 0.25) is 0 Å². The SMILES string of the molecule is Cc1ccc(N)cc1C(=O)NCc1cccc(NC(=O)C2CCCCC2)c1.Cl. The number of aryl methyl sites for hydroxylation is 1. The highest BCUT2D eigenvalue weighted by Gasteiger charge is 2.21. The number of amides is 2. The zero-order valence-electron chi connectivity index (χ0n) is 16.2. The number of halogens is 1. The minimum Gasteiger partial charge on any atom is -0.399 e. The molecular formula is C22H28ClN3O2. The molecule has 1 aliphatic rings. The maximum atomic E-state index is 12.4. The number of hydrogen-bond acceptors (Lipinski definition) is 3. The molecule has 0 heterocycles. The highest BCUT2D eigenvalue weighted by Crippen LogP contribution is 2.25. The smallest absolute Gasteiger partial charge is 0.251 e. The molecular weight excluding hydrogens is 374 g/mol. The quantitative estimate of drug-likeness (QED) is 0.647. The van der Waals surface area contributed by atoms with Gasteiger partial charge in [-0.1, -0.05) is 37.5 Å². The van der Waals surface area contributed by atoms with E-state index in [2.05, 4.69) is 10.6 Å². The van der Waals surface area contributed by atoms with E-state index in [0.717, 1.165) is 42.5 Å². The molecule has 0 aromatic heterocycles. The number of anilines is 2. The van der Waals surface area contributed by atoms with Crippen LogP contribution < -0.4 is 16.4 Å². The number of rotatable bonds is 5. The van der Waals surface area contributed by atoms with Gasteiger partial charge in [0.1, 0.15) is 0 Å². The Morgan fingerprint density at radius 3 is 2.57 bits per heavy atom. The summed E-state index contributed by atoms with van der Waals surface area (Å²) in [6, 6.07) is 12.9. The van der Waals surface area contributed by atoms with E-state index >= 15 is 0 Å². The maximum absolute atomic E-state index is 12.4. The molecule has 2 aromatic rings. The van der Waals surface area contributed by atoms with Crippen LogP contribution in [0.4, 0.5) is 11.4 Å². The fraction of sp³-hybridized carbons (Fsp3) is 0.364. The van der Waals surface area contributed by atoms with E-state index in [4.69, 9.17) is 5.73 Å². The Kier molecular flexibility index (Phi) is 7.88. The molecule has 5 nitrogen and oxygen atoms in total. The average Bonchev–Trinajstić information content (AvgIpc) is 2.69. The van der Waals surface area contributed by atoms with Gasteiger partial charge in [0.25, 0.3) is 5.91 Å². The van der Waals surface area contributed by atoms with E-state index in [1.54, 1.807) is 12.1 Å². The third-order valence-corrected chi connectivity index (χ3v) is 5.13. The molecule has 6 heteroatoms. The number of benzene rings is 2. The predicted molar refractivity (Wildman–Crippen MR) is 116 cm³/mol. The molecule has 0 spiro atoms. The summed E-state index contributed by atoms with van der Waals surface area (Å²) in [5.74, 6) is 0.0661. The zero-order chi connectivity index (χ0) is 19.2. The molecule has 2 amide bonds. The molecule has 2 aromatic carbocycles. The molecule has 0 unspecified atom stereocenters. The van der Waals surface area contributed by atoms with Crippen molar-refractivity contribution in [2.75, 3.05) is 11.1 Å². The lowest BCUT2D eigenvalue weighted by atomic mass is 9.88. The largest absolute Gasteiger partial charge is 0.399 e. The third-order valence-electron chi connectivity index (χ3n) is 5.13. The molecule has 0 atom stereocenters. The van der Waals surface area contributed by atoms with Gasteiger partial charge in [-0.3, -0.25) is 9.59 Å². The van der Waals surface area contributed by atoms with Crippen molar-refractivity contribution >= 4 is 35.6 Å². The summed E-state index contributed by atoms with van der Waals surface area (Å²) in [6.45, 7) is 2.27. The molecule has 1 saturated carbocycles. The van der Waals surface area contributed by atoms with Gasteiger partial charge in [0.05, 0.1) is 0 Å². The van der Waals surface area contributed by atoms with Gasteiger partial charge < -0.3 is 16.4 Å². The zero-order valence-corrected chi connectivity index (χ0v) is 17.0. The second-order valence-corrected chi connectivity index (χ2v) is 7.28. The van der Waals surface area contributed by atoms with E-state index in [-0.39, 0.29) is 30.1 Å². The van der Waals surface area contributed by atoms with Crippen LogP contribution in [0.5, 0.6) is 0 Å². The maximum Gasteiger partial charge on any atom is 0.251 e. The fourth-order valence-corrected chi connectivity index (χ4v) is 3.53. The third kappa shape index (κ3) is 5.73. The van der Waals surface area contributed by atoms with Crippen LogP contribution in [0.15, 0.2) is 42.5 Å². The molecule has 1 aliphatic carbocycles. The van der Waals surface area contributed by atoms with Gasteiger partial charge in [-0.2, -0.15) is 0 Å².